The van der Waals surface area contributed by atoms with E-state index in [1.54, 1.807) is 51.4 Å². The number of benzene rings is 1. The lowest BCUT2D eigenvalue weighted by Gasteiger charge is -2.32. The summed E-state index contributed by atoms with van der Waals surface area (Å²) in [6.45, 7) is 14.7. The van der Waals surface area contributed by atoms with Gasteiger partial charge in [0.25, 0.3) is 5.91 Å². The number of ether oxygens (including phenoxy) is 3. The number of para-hydroxylation sites is 1. The average molecular weight is 606 g/mol. The Balaban J connectivity index is 1.88. The smallest absolute Gasteiger partial charge is 0.417 e. The fraction of sp³-hybridized carbons (Fsp3) is 0.364. The van der Waals surface area contributed by atoms with Gasteiger partial charge in [-0.15, -0.1) is 13.2 Å². The highest BCUT2D eigenvalue weighted by Crippen LogP contribution is 2.45. The van der Waals surface area contributed by atoms with Crippen molar-refractivity contribution in [3.05, 3.63) is 79.0 Å². The fourth-order valence-electron chi connectivity index (χ4n) is 5.05. The zero-order valence-electron chi connectivity index (χ0n) is 25.9. The Hall–Kier alpha value is -4.64. The molecule has 2 aromatic heterocycles. The largest absolute Gasteiger partial charge is 0.492 e. The molecule has 0 saturated heterocycles. The minimum Gasteiger partial charge on any atom is -0.492 e. The molecule has 234 valence electrons. The van der Waals surface area contributed by atoms with Crippen LogP contribution < -0.4 is 14.8 Å². The van der Waals surface area contributed by atoms with Gasteiger partial charge in [-0.05, 0) is 52.4 Å². The zero-order chi connectivity index (χ0) is 32.0. The number of aromatic amines is 1. The number of likely N-dealkylation sites (N-methyl/N-ethyl adjacent to an activating group) is 1. The van der Waals surface area contributed by atoms with Crippen molar-refractivity contribution >= 4 is 23.4 Å². The number of nitrogens with zero attached hydrogens (tertiary/aromatic N) is 3. The molecule has 11 heteroatoms. The number of methoxy groups -OCH3 is 1. The van der Waals surface area contributed by atoms with Gasteiger partial charge in [0.05, 0.1) is 35.9 Å². The van der Waals surface area contributed by atoms with Crippen LogP contribution in [0.4, 0.5) is 20.6 Å². The number of hydrogen-bond acceptors (Lipinski definition) is 8. The number of rotatable bonds is 12. The second-order valence-corrected chi connectivity index (χ2v) is 11.5. The van der Waals surface area contributed by atoms with Gasteiger partial charge in [0, 0.05) is 43.0 Å². The van der Waals surface area contributed by atoms with Gasteiger partial charge < -0.3 is 24.5 Å². The molecule has 1 aromatic carbocycles. The van der Waals surface area contributed by atoms with Crippen molar-refractivity contribution in [1.82, 2.24) is 19.8 Å². The van der Waals surface area contributed by atoms with E-state index in [1.165, 1.54) is 19.2 Å². The summed E-state index contributed by atoms with van der Waals surface area (Å²) in [7, 11) is 3.33. The molecule has 1 aliphatic rings. The third kappa shape index (κ3) is 7.11. The predicted octanol–water partition coefficient (Wildman–Crippen LogP) is 6.52. The molecular weight excluding hydrogens is 565 g/mol. The number of fused-ring (bicyclic) bond motifs is 1. The first-order valence-corrected chi connectivity index (χ1v) is 14.4. The molecule has 0 bridgehead atoms. The third-order valence-corrected chi connectivity index (χ3v) is 7.02. The van der Waals surface area contributed by atoms with Crippen LogP contribution in [0.2, 0.25) is 0 Å². The number of anilines is 2. The van der Waals surface area contributed by atoms with Gasteiger partial charge in [0.1, 0.15) is 18.0 Å². The second-order valence-electron chi connectivity index (χ2n) is 11.5. The molecule has 1 atom stereocenters. The third-order valence-electron chi connectivity index (χ3n) is 7.02. The molecule has 0 saturated carbocycles. The van der Waals surface area contributed by atoms with E-state index in [1.807, 2.05) is 13.1 Å². The molecule has 44 heavy (non-hydrogen) atoms. The lowest BCUT2D eigenvalue weighted by molar-refractivity contribution is 0.0218. The first-order valence-electron chi connectivity index (χ1n) is 14.4. The van der Waals surface area contributed by atoms with E-state index in [4.69, 9.17) is 14.2 Å². The molecule has 0 fully saturated rings. The molecule has 0 radical (unpaired) electrons. The number of halogens is 1. The highest BCUT2D eigenvalue weighted by molar-refractivity contribution is 6.11. The average Bonchev–Trinajstić information content (AvgIpc) is 3.34. The highest BCUT2D eigenvalue weighted by atomic mass is 19.1. The van der Waals surface area contributed by atoms with Crippen molar-refractivity contribution in [1.29, 1.82) is 0 Å². The summed E-state index contributed by atoms with van der Waals surface area (Å²) >= 11 is 0. The number of amides is 2. The van der Waals surface area contributed by atoms with Crippen LogP contribution in [0.15, 0.2) is 62.0 Å². The van der Waals surface area contributed by atoms with Crippen LogP contribution in [0, 0.1) is 5.82 Å². The van der Waals surface area contributed by atoms with E-state index in [0.29, 0.717) is 60.2 Å². The Morgan fingerprint density at radius 3 is 2.73 bits per heavy atom. The minimum absolute atomic E-state index is 0.0280. The van der Waals surface area contributed by atoms with E-state index in [2.05, 4.69) is 33.3 Å². The molecular formula is C33H40FN5O5. The number of hydrogen-bond donors (Lipinski definition) is 2. The van der Waals surface area contributed by atoms with E-state index in [-0.39, 0.29) is 23.8 Å². The number of nitrogens with one attached hydrogen (secondary N) is 2. The summed E-state index contributed by atoms with van der Waals surface area (Å²) in [4.78, 5) is 38.3. The van der Waals surface area contributed by atoms with Gasteiger partial charge >= 0.3 is 6.09 Å². The zero-order valence-corrected chi connectivity index (χ0v) is 25.9. The maximum absolute atomic E-state index is 14.8. The summed E-state index contributed by atoms with van der Waals surface area (Å²) < 4.78 is 31.9. The molecule has 3 aromatic rings. The molecule has 10 nitrogen and oxygen atoms in total. The molecule has 4 rings (SSSR count). The Bertz CT molecular complexity index is 1530. The van der Waals surface area contributed by atoms with Crippen LogP contribution in [0.25, 0.3) is 11.3 Å². The molecule has 0 aliphatic carbocycles. The van der Waals surface area contributed by atoms with Gasteiger partial charge in [-0.1, -0.05) is 18.2 Å². The molecule has 1 aliphatic heterocycles. The number of H-pyrrole nitrogens is 1. The van der Waals surface area contributed by atoms with Crippen LogP contribution in [0.1, 0.15) is 49.2 Å². The van der Waals surface area contributed by atoms with Crippen molar-refractivity contribution in [2.75, 3.05) is 45.7 Å². The minimum atomic E-state index is -0.812. The first-order chi connectivity index (χ1) is 21.0. The second kappa shape index (κ2) is 13.8. The van der Waals surface area contributed by atoms with Gasteiger partial charge in [-0.25, -0.2) is 14.1 Å². The summed E-state index contributed by atoms with van der Waals surface area (Å²) in [5.41, 5.74) is 1.77. The lowest BCUT2D eigenvalue weighted by atomic mass is 9.92. The van der Waals surface area contributed by atoms with Crippen LogP contribution in [0.3, 0.4) is 0 Å². The number of carbonyl (C=O) groups is 2. The predicted molar refractivity (Wildman–Crippen MR) is 168 cm³/mol. The standard InChI is InChI=1S/C33H40FN5O5/c1-8-11-21-20-39(32(41)44-33(3,4)5)31(40)26-27(21)37-28(29(26)36-24-13-10-12-23(34)30(24)42-7)22-14-15-35-19-25(22)43-18-17-38(6)16-9-2/h8-10,12-15,19,21,36-37H,1-2,11,16-18,20H2,3-7H3. The lowest BCUT2D eigenvalue weighted by Crippen LogP contribution is -2.46. The fourth-order valence-corrected chi connectivity index (χ4v) is 5.05. The van der Waals surface area contributed by atoms with E-state index < -0.39 is 23.4 Å². The van der Waals surface area contributed by atoms with Crippen LogP contribution >= 0.6 is 0 Å². The summed E-state index contributed by atoms with van der Waals surface area (Å²) in [5, 5.41) is 3.24. The molecule has 2 amide bonds. The molecule has 2 N–H and O–H groups in total. The number of imide groups is 1. The topological polar surface area (TPSA) is 109 Å². The highest BCUT2D eigenvalue weighted by Gasteiger charge is 2.41. The van der Waals surface area contributed by atoms with Crippen molar-refractivity contribution in [3.63, 3.8) is 0 Å². The molecule has 3 heterocycles. The van der Waals surface area contributed by atoms with Gasteiger partial charge in [-0.3, -0.25) is 14.7 Å². The molecule has 1 unspecified atom stereocenters. The van der Waals surface area contributed by atoms with Crippen molar-refractivity contribution < 1.29 is 28.2 Å². The van der Waals surface area contributed by atoms with Crippen molar-refractivity contribution in [2.45, 2.75) is 38.7 Å². The van der Waals surface area contributed by atoms with Crippen LogP contribution in [0.5, 0.6) is 11.5 Å². The van der Waals surface area contributed by atoms with Crippen molar-refractivity contribution in [2.24, 2.45) is 0 Å². The normalized spacial score (nSPS) is 14.7. The number of aromatic nitrogens is 2. The Kier molecular flexibility index (Phi) is 10.1. The monoisotopic (exact) mass is 605 g/mol. The number of carbonyl (C=O) groups excluding carboxylic acids is 2. The van der Waals surface area contributed by atoms with Gasteiger partial charge in [0.15, 0.2) is 11.6 Å². The Morgan fingerprint density at radius 1 is 1.27 bits per heavy atom. The number of pyridine rings is 1. The van der Waals surface area contributed by atoms with Gasteiger partial charge in [0.2, 0.25) is 0 Å². The summed E-state index contributed by atoms with van der Waals surface area (Å²) in [6, 6.07) is 6.23. The number of allylic oxidation sites excluding steroid dienone is 1. The maximum Gasteiger partial charge on any atom is 0.417 e. The quantitative estimate of drug-likeness (QED) is 0.225. The first kappa shape index (κ1) is 32.3. The van der Waals surface area contributed by atoms with E-state index in [9.17, 15) is 14.0 Å². The van der Waals surface area contributed by atoms with Crippen molar-refractivity contribution in [3.8, 4) is 22.8 Å². The van der Waals surface area contributed by atoms with Crippen LogP contribution in [-0.4, -0.2) is 77.8 Å². The summed E-state index contributed by atoms with van der Waals surface area (Å²) in [6.07, 6.45) is 6.49. The summed E-state index contributed by atoms with van der Waals surface area (Å²) in [5.74, 6) is -0.997. The Morgan fingerprint density at radius 2 is 2.05 bits per heavy atom. The van der Waals surface area contributed by atoms with Gasteiger partial charge in [-0.2, -0.15) is 0 Å². The SMILES string of the molecule is C=CCC1CN(C(=O)OC(C)(C)C)C(=O)c2c1[nH]c(-c1ccncc1OCCN(C)CC=C)c2Nc1cccc(F)c1OC. The Labute approximate surface area is 257 Å². The maximum atomic E-state index is 14.8. The van der Waals surface area contributed by atoms with E-state index >= 15 is 0 Å². The molecule has 0 spiro atoms. The van der Waals surface area contributed by atoms with E-state index in [0.717, 1.165) is 4.90 Å². The van der Waals surface area contributed by atoms with Crippen LogP contribution in [-0.2, 0) is 4.74 Å².